The molecule has 6 nitrogen and oxygen atoms in total. The number of carbonyl (C=O) groups excluding carboxylic acids is 1. The third-order valence-corrected chi connectivity index (χ3v) is 5.79. The lowest BCUT2D eigenvalue weighted by Crippen LogP contribution is -2.29. The normalized spacial score (nSPS) is 17.9. The zero-order chi connectivity index (χ0) is 18.7. The van der Waals surface area contributed by atoms with Gasteiger partial charge in [0.15, 0.2) is 5.17 Å². The molecular weight excluding hydrogens is 370 g/mol. The second-order valence-corrected chi connectivity index (χ2v) is 8.31. The molecule has 0 aliphatic carbocycles. The molecule has 8 heteroatoms. The molecule has 0 saturated carbocycles. The number of sulfonamides is 1. The second-order valence-electron chi connectivity index (χ2n) is 5.70. The van der Waals surface area contributed by atoms with Gasteiger partial charge < -0.3 is 4.90 Å². The predicted molar refractivity (Wildman–Crippen MR) is 104 cm³/mol. The van der Waals surface area contributed by atoms with Crippen molar-refractivity contribution in [3.63, 3.8) is 0 Å². The van der Waals surface area contributed by atoms with Crippen molar-refractivity contribution in [2.75, 3.05) is 19.0 Å². The molecule has 2 aromatic rings. The van der Waals surface area contributed by atoms with Crippen LogP contribution in [0.1, 0.15) is 0 Å². The van der Waals surface area contributed by atoms with Gasteiger partial charge in [0.1, 0.15) is 0 Å². The Kier molecular flexibility index (Phi) is 5.15. The van der Waals surface area contributed by atoms with Gasteiger partial charge in [-0.05, 0) is 36.0 Å². The number of hydrogen-bond donors (Lipinski definition) is 0. The Balaban J connectivity index is 2.09. The van der Waals surface area contributed by atoms with E-state index in [1.54, 1.807) is 67.7 Å². The van der Waals surface area contributed by atoms with Crippen LogP contribution in [-0.4, -0.2) is 38.5 Å². The summed E-state index contributed by atoms with van der Waals surface area (Å²) in [7, 11) is -0.337. The summed E-state index contributed by atoms with van der Waals surface area (Å²) in [6.07, 6.45) is 1.65. The number of hydrogen-bond acceptors (Lipinski definition) is 5. The van der Waals surface area contributed by atoms with Crippen LogP contribution < -0.4 is 4.90 Å². The van der Waals surface area contributed by atoms with E-state index in [0.29, 0.717) is 10.6 Å². The maximum atomic E-state index is 12.8. The molecule has 0 spiro atoms. The number of carbonyl (C=O) groups is 1. The second kappa shape index (κ2) is 7.35. The summed E-state index contributed by atoms with van der Waals surface area (Å²) in [6.45, 7) is 0. The summed E-state index contributed by atoms with van der Waals surface area (Å²) in [5.41, 5.74) is 0.564. The molecule has 134 valence electrons. The molecule has 0 N–H and O–H groups in total. The molecule has 0 atom stereocenters. The molecule has 0 unspecified atom stereocenters. The molecule has 26 heavy (non-hydrogen) atoms. The largest absolute Gasteiger partial charge is 0.382 e. The molecule has 1 saturated heterocycles. The van der Waals surface area contributed by atoms with Gasteiger partial charge in [0.2, 0.25) is 0 Å². The first-order valence-corrected chi connectivity index (χ1v) is 10.00. The van der Waals surface area contributed by atoms with Crippen LogP contribution in [-0.2, 0) is 14.8 Å². The highest BCUT2D eigenvalue weighted by Gasteiger charge is 2.36. The van der Waals surface area contributed by atoms with Crippen molar-refractivity contribution in [3.05, 3.63) is 71.8 Å². The molecule has 1 fully saturated rings. The number of para-hydroxylation sites is 1. The van der Waals surface area contributed by atoms with Crippen LogP contribution in [0, 0.1) is 0 Å². The average molecular weight is 387 g/mol. The Bertz CT molecular complexity index is 969. The van der Waals surface area contributed by atoms with E-state index >= 15 is 0 Å². The summed E-state index contributed by atoms with van der Waals surface area (Å²) in [6, 6.07) is 16.8. The number of amides is 1. The lowest BCUT2D eigenvalue weighted by Gasteiger charge is -2.15. The Labute approximate surface area is 156 Å². The Hall–Kier alpha value is -2.58. The molecule has 2 aromatic carbocycles. The van der Waals surface area contributed by atoms with Crippen molar-refractivity contribution >= 4 is 38.5 Å². The predicted octanol–water partition coefficient (Wildman–Crippen LogP) is 2.91. The van der Waals surface area contributed by atoms with E-state index in [-0.39, 0.29) is 16.0 Å². The van der Waals surface area contributed by atoms with Gasteiger partial charge in [-0.2, -0.15) is 8.42 Å². The molecule has 1 aliphatic heterocycles. The summed E-state index contributed by atoms with van der Waals surface area (Å²) in [5.74, 6) is -0.308. The van der Waals surface area contributed by atoms with Crippen LogP contribution in [0.3, 0.4) is 0 Å². The number of rotatable bonds is 4. The molecule has 1 aliphatic rings. The van der Waals surface area contributed by atoms with Gasteiger partial charge >= 0.3 is 0 Å². The smallest absolute Gasteiger partial charge is 0.284 e. The fraction of sp³-hybridized carbons (Fsp3) is 0.111. The van der Waals surface area contributed by atoms with Gasteiger partial charge in [0.25, 0.3) is 15.9 Å². The highest BCUT2D eigenvalue weighted by Crippen LogP contribution is 2.35. The van der Waals surface area contributed by atoms with E-state index in [4.69, 9.17) is 0 Å². The molecule has 1 heterocycles. The minimum atomic E-state index is -3.93. The summed E-state index contributed by atoms with van der Waals surface area (Å²) >= 11 is 1.04. The minimum Gasteiger partial charge on any atom is -0.382 e. The zero-order valence-corrected chi connectivity index (χ0v) is 15.9. The van der Waals surface area contributed by atoms with E-state index < -0.39 is 10.0 Å². The van der Waals surface area contributed by atoms with Crippen LogP contribution in [0.5, 0.6) is 0 Å². The van der Waals surface area contributed by atoms with Gasteiger partial charge in [-0.3, -0.25) is 9.69 Å². The summed E-state index contributed by atoms with van der Waals surface area (Å²) in [5, 5.41) is 0.109. The molecule has 0 aromatic heterocycles. The maximum absolute atomic E-state index is 12.8. The average Bonchev–Trinajstić information content (AvgIpc) is 2.90. The van der Waals surface area contributed by atoms with Crippen molar-refractivity contribution in [2.24, 2.45) is 4.40 Å². The Morgan fingerprint density at radius 3 is 2.15 bits per heavy atom. The molecule has 3 rings (SSSR count). The standard InChI is InChI=1S/C18H17N3O3S2/c1-20(2)13-16-17(22)21(14-9-5-3-6-10-14)18(25-16)19-26(23,24)15-11-7-4-8-12-15/h3-13H,1-2H3/b16-13+,19-18-. The van der Waals surface area contributed by atoms with E-state index in [1.165, 1.54) is 17.0 Å². The maximum Gasteiger partial charge on any atom is 0.284 e. The van der Waals surface area contributed by atoms with Crippen LogP contribution in [0.2, 0.25) is 0 Å². The third-order valence-electron chi connectivity index (χ3n) is 3.44. The Morgan fingerprint density at radius 1 is 1.00 bits per heavy atom. The minimum absolute atomic E-state index is 0.0820. The van der Waals surface area contributed by atoms with Gasteiger partial charge in [0.05, 0.1) is 15.5 Å². The van der Waals surface area contributed by atoms with Crippen LogP contribution in [0.15, 0.2) is 81.1 Å². The van der Waals surface area contributed by atoms with Crippen LogP contribution in [0.4, 0.5) is 5.69 Å². The number of amidine groups is 1. The van der Waals surface area contributed by atoms with Crippen molar-refractivity contribution < 1.29 is 13.2 Å². The van der Waals surface area contributed by atoms with Gasteiger partial charge in [-0.25, -0.2) is 0 Å². The number of benzene rings is 2. The lowest BCUT2D eigenvalue weighted by atomic mass is 10.3. The van der Waals surface area contributed by atoms with Crippen molar-refractivity contribution in [1.29, 1.82) is 0 Å². The monoisotopic (exact) mass is 387 g/mol. The van der Waals surface area contributed by atoms with Gasteiger partial charge in [-0.15, -0.1) is 4.40 Å². The molecule has 0 bridgehead atoms. The summed E-state index contributed by atoms with van der Waals surface area (Å²) < 4.78 is 29.2. The van der Waals surface area contributed by atoms with E-state index in [1.807, 2.05) is 6.07 Å². The van der Waals surface area contributed by atoms with E-state index in [2.05, 4.69) is 4.40 Å². The van der Waals surface area contributed by atoms with E-state index in [0.717, 1.165) is 11.8 Å². The first-order valence-electron chi connectivity index (χ1n) is 7.74. The lowest BCUT2D eigenvalue weighted by molar-refractivity contribution is -0.113. The van der Waals surface area contributed by atoms with Crippen LogP contribution in [0.25, 0.3) is 0 Å². The van der Waals surface area contributed by atoms with Gasteiger partial charge in [-0.1, -0.05) is 36.4 Å². The first kappa shape index (κ1) is 18.2. The third kappa shape index (κ3) is 3.81. The van der Waals surface area contributed by atoms with Crippen molar-refractivity contribution in [2.45, 2.75) is 4.90 Å². The number of anilines is 1. The fourth-order valence-electron chi connectivity index (χ4n) is 2.31. The molecule has 1 amide bonds. The van der Waals surface area contributed by atoms with Gasteiger partial charge in [0, 0.05) is 20.3 Å². The highest BCUT2D eigenvalue weighted by atomic mass is 32.2. The highest BCUT2D eigenvalue weighted by molar-refractivity contribution is 8.19. The molecule has 0 radical (unpaired) electrons. The molecular formula is C18H17N3O3S2. The van der Waals surface area contributed by atoms with Crippen molar-refractivity contribution in [3.8, 4) is 0 Å². The number of thioether (sulfide) groups is 1. The van der Waals surface area contributed by atoms with Crippen molar-refractivity contribution in [1.82, 2.24) is 4.90 Å². The SMILES string of the molecule is CN(C)/C=C1/S/C(=N\S(=O)(=O)c2ccccc2)N(c2ccccc2)C1=O. The summed E-state index contributed by atoms with van der Waals surface area (Å²) in [4.78, 5) is 16.3. The topological polar surface area (TPSA) is 70.1 Å². The van der Waals surface area contributed by atoms with Crippen LogP contribution >= 0.6 is 11.8 Å². The Morgan fingerprint density at radius 2 is 1.58 bits per heavy atom. The van der Waals surface area contributed by atoms with E-state index in [9.17, 15) is 13.2 Å². The fourth-order valence-corrected chi connectivity index (χ4v) is 4.57. The quantitative estimate of drug-likeness (QED) is 0.755. The first-order chi connectivity index (χ1) is 12.4. The number of nitrogens with zero attached hydrogens (tertiary/aromatic N) is 3. The zero-order valence-electron chi connectivity index (χ0n) is 14.2.